The van der Waals surface area contributed by atoms with E-state index in [0.717, 1.165) is 37.7 Å². The van der Waals surface area contributed by atoms with Crippen molar-refractivity contribution >= 4 is 11.8 Å². The van der Waals surface area contributed by atoms with Crippen molar-refractivity contribution < 1.29 is 9.53 Å². The summed E-state index contributed by atoms with van der Waals surface area (Å²) in [6, 6.07) is 14.4. The zero-order chi connectivity index (χ0) is 20.8. The molecule has 1 aromatic heterocycles. The van der Waals surface area contributed by atoms with Crippen molar-refractivity contribution in [2.75, 3.05) is 57.8 Å². The monoisotopic (exact) mass is 409 g/mol. The van der Waals surface area contributed by atoms with Gasteiger partial charge in [-0.25, -0.2) is 9.78 Å². The fraction of sp³-hybridized carbons (Fsp3) is 0.478. The lowest BCUT2D eigenvalue weighted by Gasteiger charge is -2.36. The van der Waals surface area contributed by atoms with Crippen LogP contribution in [-0.4, -0.2) is 73.7 Å². The summed E-state index contributed by atoms with van der Waals surface area (Å²) in [5.41, 5.74) is 1.22. The molecule has 2 aromatic rings. The molecule has 0 spiro atoms. The number of benzene rings is 1. The molecule has 7 heteroatoms. The Bertz CT molecular complexity index is 800. The zero-order valence-electron chi connectivity index (χ0n) is 17.7. The summed E-state index contributed by atoms with van der Waals surface area (Å²) in [6.45, 7) is 5.80. The quantitative estimate of drug-likeness (QED) is 0.795. The van der Waals surface area contributed by atoms with Crippen molar-refractivity contribution in [1.82, 2.24) is 20.1 Å². The summed E-state index contributed by atoms with van der Waals surface area (Å²) in [7, 11) is 1.68. The molecule has 2 amide bonds. The number of urea groups is 1. The third-order valence-electron chi connectivity index (χ3n) is 6.07. The number of nitrogens with zero attached hydrogens (tertiary/aromatic N) is 4. The number of hydrogen-bond donors (Lipinski definition) is 1. The highest BCUT2D eigenvalue weighted by atomic mass is 16.5. The molecule has 0 aliphatic carbocycles. The Morgan fingerprint density at radius 2 is 1.77 bits per heavy atom. The average molecular weight is 410 g/mol. The van der Waals surface area contributed by atoms with Gasteiger partial charge in [0.25, 0.3) is 0 Å². The van der Waals surface area contributed by atoms with Crippen molar-refractivity contribution in [2.24, 2.45) is 0 Å². The Morgan fingerprint density at radius 3 is 2.40 bits per heavy atom. The fourth-order valence-electron chi connectivity index (χ4n) is 4.31. The molecule has 7 nitrogen and oxygen atoms in total. The first-order chi connectivity index (χ1) is 14.7. The van der Waals surface area contributed by atoms with E-state index in [-0.39, 0.29) is 12.1 Å². The molecule has 2 fully saturated rings. The normalized spacial score (nSPS) is 18.3. The van der Waals surface area contributed by atoms with Crippen molar-refractivity contribution in [3.8, 4) is 5.75 Å². The second-order valence-electron chi connectivity index (χ2n) is 7.88. The van der Waals surface area contributed by atoms with Crippen molar-refractivity contribution in [2.45, 2.75) is 18.9 Å². The van der Waals surface area contributed by atoms with Crippen LogP contribution in [-0.2, 0) is 0 Å². The first-order valence-corrected chi connectivity index (χ1v) is 10.8. The molecule has 1 unspecified atom stereocenters. The maximum atomic E-state index is 12.8. The third kappa shape index (κ3) is 4.84. The Labute approximate surface area is 178 Å². The predicted octanol–water partition coefficient (Wildman–Crippen LogP) is 2.76. The molecule has 0 saturated carbocycles. The minimum absolute atomic E-state index is 0.0216. The van der Waals surface area contributed by atoms with Crippen LogP contribution in [0.2, 0.25) is 0 Å². The van der Waals surface area contributed by atoms with E-state index in [1.807, 2.05) is 41.4 Å². The number of nitrogens with one attached hydrogen (secondary N) is 1. The summed E-state index contributed by atoms with van der Waals surface area (Å²) in [4.78, 5) is 23.9. The number of anilines is 1. The van der Waals surface area contributed by atoms with Gasteiger partial charge in [-0.15, -0.1) is 0 Å². The Hall–Kier alpha value is -2.80. The number of piperazine rings is 1. The number of pyridine rings is 1. The molecule has 160 valence electrons. The van der Waals surface area contributed by atoms with Crippen molar-refractivity contribution in [3.05, 3.63) is 54.2 Å². The summed E-state index contributed by atoms with van der Waals surface area (Å²) < 4.78 is 5.29. The van der Waals surface area contributed by atoms with Gasteiger partial charge in [0, 0.05) is 38.9 Å². The van der Waals surface area contributed by atoms with E-state index in [2.05, 4.69) is 32.2 Å². The maximum Gasteiger partial charge on any atom is 0.317 e. The van der Waals surface area contributed by atoms with Crippen LogP contribution in [0, 0.1) is 0 Å². The van der Waals surface area contributed by atoms with Crippen LogP contribution in [0.1, 0.15) is 24.4 Å². The molecule has 1 aromatic carbocycles. The lowest BCUT2D eigenvalue weighted by Crippen LogP contribution is -2.53. The van der Waals surface area contributed by atoms with Gasteiger partial charge in [0.1, 0.15) is 11.6 Å². The second kappa shape index (κ2) is 9.80. The van der Waals surface area contributed by atoms with Gasteiger partial charge in [-0.3, -0.25) is 4.90 Å². The molecule has 1 atom stereocenters. The Kier molecular flexibility index (Phi) is 6.69. The highest BCUT2D eigenvalue weighted by Gasteiger charge is 2.26. The molecule has 1 N–H and O–H groups in total. The molecule has 0 radical (unpaired) electrons. The van der Waals surface area contributed by atoms with E-state index < -0.39 is 0 Å². The molecule has 30 heavy (non-hydrogen) atoms. The van der Waals surface area contributed by atoms with E-state index in [1.165, 1.54) is 18.4 Å². The number of carbonyl (C=O) groups excluding carboxylic acids is 1. The molecular weight excluding hydrogens is 378 g/mol. The minimum atomic E-state index is 0.0216. The van der Waals surface area contributed by atoms with Gasteiger partial charge in [0.15, 0.2) is 0 Å². The van der Waals surface area contributed by atoms with E-state index >= 15 is 0 Å². The molecule has 0 bridgehead atoms. The first kappa shape index (κ1) is 20.5. The highest BCUT2D eigenvalue weighted by molar-refractivity contribution is 5.74. The van der Waals surface area contributed by atoms with Gasteiger partial charge in [0.2, 0.25) is 0 Å². The summed E-state index contributed by atoms with van der Waals surface area (Å²) in [6.07, 6.45) is 4.25. The molecule has 4 rings (SSSR count). The van der Waals surface area contributed by atoms with Gasteiger partial charge in [-0.1, -0.05) is 18.2 Å². The van der Waals surface area contributed by atoms with Gasteiger partial charge in [-0.05, 0) is 55.8 Å². The minimum Gasteiger partial charge on any atom is -0.497 e. The fourth-order valence-corrected chi connectivity index (χ4v) is 4.31. The summed E-state index contributed by atoms with van der Waals surface area (Å²) in [5.74, 6) is 1.83. The zero-order valence-corrected chi connectivity index (χ0v) is 17.7. The number of amides is 2. The van der Waals surface area contributed by atoms with Gasteiger partial charge in [0.05, 0.1) is 13.2 Å². The summed E-state index contributed by atoms with van der Waals surface area (Å²) in [5, 5.41) is 3.19. The number of ether oxygens (including phenoxy) is 1. The Morgan fingerprint density at radius 1 is 1.03 bits per heavy atom. The lowest BCUT2D eigenvalue weighted by atomic mass is 10.1. The van der Waals surface area contributed by atoms with Crippen molar-refractivity contribution in [1.29, 1.82) is 0 Å². The van der Waals surface area contributed by atoms with Crippen LogP contribution in [0.5, 0.6) is 5.75 Å². The SMILES string of the molecule is COc1ccc(C(CNC(=O)N2CCN(c3ccccn3)CC2)N2CCCC2)cc1. The maximum absolute atomic E-state index is 12.8. The number of carbonyl (C=O) groups is 1. The van der Waals surface area contributed by atoms with Gasteiger partial charge >= 0.3 is 6.03 Å². The number of likely N-dealkylation sites (tertiary alicyclic amines) is 1. The smallest absolute Gasteiger partial charge is 0.317 e. The number of methoxy groups -OCH3 is 1. The van der Waals surface area contributed by atoms with Crippen molar-refractivity contribution in [3.63, 3.8) is 0 Å². The number of aromatic nitrogens is 1. The largest absolute Gasteiger partial charge is 0.497 e. The predicted molar refractivity (Wildman–Crippen MR) is 118 cm³/mol. The van der Waals surface area contributed by atoms with Crippen LogP contribution < -0.4 is 15.0 Å². The van der Waals surface area contributed by atoms with Crippen LogP contribution >= 0.6 is 0 Å². The van der Waals surface area contributed by atoms with Gasteiger partial charge < -0.3 is 19.9 Å². The van der Waals surface area contributed by atoms with Crippen LogP contribution in [0.4, 0.5) is 10.6 Å². The molecule has 2 aliphatic heterocycles. The number of hydrogen-bond acceptors (Lipinski definition) is 5. The molecule has 3 heterocycles. The van der Waals surface area contributed by atoms with E-state index in [1.54, 1.807) is 7.11 Å². The van der Waals surface area contributed by atoms with Crippen LogP contribution in [0.3, 0.4) is 0 Å². The molecule has 2 aliphatic rings. The Balaban J connectivity index is 1.33. The standard InChI is InChI=1S/C23H31N5O2/c1-30-20-9-7-19(8-10-20)21(26-12-4-5-13-26)18-25-23(29)28-16-14-27(15-17-28)22-6-2-3-11-24-22/h2-3,6-11,21H,4-5,12-18H2,1H3,(H,25,29). The number of rotatable bonds is 6. The topological polar surface area (TPSA) is 60.9 Å². The van der Waals surface area contributed by atoms with E-state index in [9.17, 15) is 4.79 Å². The molecular formula is C23H31N5O2. The highest BCUT2D eigenvalue weighted by Crippen LogP contribution is 2.26. The lowest BCUT2D eigenvalue weighted by molar-refractivity contribution is 0.185. The van der Waals surface area contributed by atoms with E-state index in [0.29, 0.717) is 19.6 Å². The first-order valence-electron chi connectivity index (χ1n) is 10.8. The average Bonchev–Trinajstić information content (AvgIpc) is 3.35. The van der Waals surface area contributed by atoms with E-state index in [4.69, 9.17) is 4.74 Å². The summed E-state index contributed by atoms with van der Waals surface area (Å²) >= 11 is 0. The second-order valence-corrected chi connectivity index (χ2v) is 7.88. The van der Waals surface area contributed by atoms with Crippen LogP contribution in [0.25, 0.3) is 0 Å². The van der Waals surface area contributed by atoms with Gasteiger partial charge in [-0.2, -0.15) is 0 Å². The third-order valence-corrected chi connectivity index (χ3v) is 6.07. The van der Waals surface area contributed by atoms with Crippen LogP contribution in [0.15, 0.2) is 48.7 Å². The molecule has 2 saturated heterocycles.